The van der Waals surface area contributed by atoms with Gasteiger partial charge in [0.15, 0.2) is 0 Å². The Kier molecular flexibility index (Phi) is 3.45. The smallest absolute Gasteiger partial charge is 0.224 e. The Morgan fingerprint density at radius 2 is 2.35 bits per heavy atom. The molecule has 3 aromatic heterocycles. The van der Waals surface area contributed by atoms with E-state index in [1.54, 1.807) is 21.8 Å². The third-order valence-corrected chi connectivity index (χ3v) is 4.84. The number of nitrogens with one attached hydrogen (secondary N) is 1. The number of imidazole rings is 1. The number of carbonyl (C=O) groups excluding carboxylic acids is 1. The van der Waals surface area contributed by atoms with Gasteiger partial charge in [-0.3, -0.25) is 9.78 Å². The van der Waals surface area contributed by atoms with E-state index in [-0.39, 0.29) is 11.9 Å². The molecule has 3 aromatic rings. The summed E-state index contributed by atoms with van der Waals surface area (Å²) in [5, 5.41) is 8.67. The number of anilines is 1. The van der Waals surface area contributed by atoms with Crippen LogP contribution in [0.25, 0.3) is 16.2 Å². The summed E-state index contributed by atoms with van der Waals surface area (Å²) in [6.45, 7) is 0.782. The lowest BCUT2D eigenvalue weighted by Crippen LogP contribution is -2.40. The van der Waals surface area contributed by atoms with Crippen LogP contribution in [0.2, 0.25) is 0 Å². The van der Waals surface area contributed by atoms with Gasteiger partial charge in [0.05, 0.1) is 11.9 Å². The Hall–Kier alpha value is -2.48. The van der Waals surface area contributed by atoms with E-state index in [0.29, 0.717) is 6.42 Å². The maximum Gasteiger partial charge on any atom is 0.224 e. The van der Waals surface area contributed by atoms with Gasteiger partial charge >= 0.3 is 0 Å². The first-order valence-corrected chi connectivity index (χ1v) is 8.28. The van der Waals surface area contributed by atoms with Gasteiger partial charge in [0.1, 0.15) is 0 Å². The fourth-order valence-corrected chi connectivity index (χ4v) is 3.51. The first-order chi connectivity index (χ1) is 11.2. The van der Waals surface area contributed by atoms with Gasteiger partial charge in [-0.15, -0.1) is 5.10 Å². The summed E-state index contributed by atoms with van der Waals surface area (Å²) in [5.74, 6) is 0.175. The summed E-state index contributed by atoms with van der Waals surface area (Å²) in [4.78, 5) is 23.1. The number of fused-ring (bicyclic) bond motifs is 1. The molecule has 1 aliphatic heterocycles. The molecule has 1 fully saturated rings. The number of likely N-dealkylation sites (tertiary alicyclic amines) is 1. The van der Waals surface area contributed by atoms with Gasteiger partial charge in [0, 0.05) is 44.0 Å². The molecule has 0 bridgehead atoms. The van der Waals surface area contributed by atoms with Gasteiger partial charge in [-0.2, -0.15) is 0 Å². The molecule has 1 aliphatic rings. The van der Waals surface area contributed by atoms with Gasteiger partial charge in [0.2, 0.25) is 16.0 Å². The Morgan fingerprint density at radius 1 is 1.43 bits per heavy atom. The molecule has 0 radical (unpaired) electrons. The van der Waals surface area contributed by atoms with Gasteiger partial charge in [-0.1, -0.05) is 11.3 Å². The normalized spacial score (nSPS) is 18.6. The predicted molar refractivity (Wildman–Crippen MR) is 88.4 cm³/mol. The molecule has 0 aromatic carbocycles. The Labute approximate surface area is 137 Å². The fourth-order valence-electron chi connectivity index (χ4n) is 2.65. The average Bonchev–Trinajstić information content (AvgIpc) is 3.10. The number of carbonyl (C=O) groups is 1. The summed E-state index contributed by atoms with van der Waals surface area (Å²) < 4.78 is 1.77. The van der Waals surface area contributed by atoms with Crippen molar-refractivity contribution >= 4 is 27.3 Å². The monoisotopic (exact) mass is 328 g/mol. The third-order valence-electron chi connectivity index (χ3n) is 3.99. The molecule has 4 rings (SSSR count). The number of hydrogen-bond acceptors (Lipinski definition) is 6. The minimum atomic E-state index is 0.146. The fraction of sp³-hybridized carbons (Fsp3) is 0.333. The molecule has 1 N–H and O–H groups in total. The van der Waals surface area contributed by atoms with Crippen molar-refractivity contribution in [2.24, 2.45) is 0 Å². The molecular weight excluding hydrogens is 312 g/mol. The number of aromatic nitrogens is 4. The molecule has 0 saturated carbocycles. The molecular formula is C15H16N6OS. The van der Waals surface area contributed by atoms with Crippen LogP contribution in [-0.2, 0) is 4.79 Å². The van der Waals surface area contributed by atoms with Crippen LogP contribution in [0.15, 0.2) is 30.7 Å². The molecule has 4 heterocycles. The van der Waals surface area contributed by atoms with Crippen LogP contribution in [0.5, 0.6) is 0 Å². The molecule has 118 valence electrons. The van der Waals surface area contributed by atoms with Crippen molar-refractivity contribution < 1.29 is 4.79 Å². The minimum absolute atomic E-state index is 0.146. The topological polar surface area (TPSA) is 75.4 Å². The van der Waals surface area contributed by atoms with Crippen molar-refractivity contribution in [2.45, 2.75) is 18.9 Å². The van der Waals surface area contributed by atoms with Crippen LogP contribution in [0, 0.1) is 0 Å². The van der Waals surface area contributed by atoms with E-state index in [1.807, 2.05) is 25.4 Å². The highest BCUT2D eigenvalue weighted by atomic mass is 32.1. The Bertz CT molecular complexity index is 811. The van der Waals surface area contributed by atoms with Gasteiger partial charge in [-0.05, 0) is 18.6 Å². The van der Waals surface area contributed by atoms with Crippen molar-refractivity contribution in [1.29, 1.82) is 0 Å². The second-order valence-electron chi connectivity index (χ2n) is 5.65. The highest BCUT2D eigenvalue weighted by molar-refractivity contribution is 7.20. The van der Waals surface area contributed by atoms with Crippen LogP contribution >= 0.6 is 11.3 Å². The number of amides is 1. The second-order valence-corrected chi connectivity index (χ2v) is 6.61. The van der Waals surface area contributed by atoms with Crippen LogP contribution in [0.3, 0.4) is 0 Å². The number of nitrogens with zero attached hydrogens (tertiary/aromatic N) is 5. The third kappa shape index (κ3) is 2.77. The summed E-state index contributed by atoms with van der Waals surface area (Å²) in [5.41, 5.74) is 1.83. The van der Waals surface area contributed by atoms with Crippen LogP contribution in [0.4, 0.5) is 5.13 Å². The quantitative estimate of drug-likeness (QED) is 0.794. The van der Waals surface area contributed by atoms with Crippen molar-refractivity contribution in [3.8, 4) is 11.3 Å². The van der Waals surface area contributed by atoms with Crippen LogP contribution in [0.1, 0.15) is 12.8 Å². The molecule has 1 unspecified atom stereocenters. The molecule has 0 spiro atoms. The van der Waals surface area contributed by atoms with Crippen molar-refractivity contribution in [3.63, 3.8) is 0 Å². The summed E-state index contributed by atoms with van der Waals surface area (Å²) in [6.07, 6.45) is 6.87. The summed E-state index contributed by atoms with van der Waals surface area (Å²) in [6, 6.07) is 4.01. The van der Waals surface area contributed by atoms with E-state index in [4.69, 9.17) is 0 Å². The summed E-state index contributed by atoms with van der Waals surface area (Å²) in [7, 11) is 1.84. The predicted octanol–water partition coefficient (Wildman–Crippen LogP) is 1.89. The van der Waals surface area contributed by atoms with E-state index >= 15 is 0 Å². The lowest BCUT2D eigenvalue weighted by atomic mass is 10.1. The molecule has 1 saturated heterocycles. The van der Waals surface area contributed by atoms with Gasteiger partial charge < -0.3 is 10.2 Å². The van der Waals surface area contributed by atoms with E-state index in [2.05, 4.69) is 20.4 Å². The van der Waals surface area contributed by atoms with Crippen LogP contribution in [-0.4, -0.2) is 50.0 Å². The number of rotatable bonds is 3. The molecule has 1 amide bonds. The Morgan fingerprint density at radius 3 is 3.09 bits per heavy atom. The van der Waals surface area contributed by atoms with Crippen molar-refractivity contribution in [3.05, 3.63) is 30.7 Å². The summed E-state index contributed by atoms with van der Waals surface area (Å²) >= 11 is 1.49. The number of piperidine rings is 1. The van der Waals surface area contributed by atoms with Crippen molar-refractivity contribution in [1.82, 2.24) is 24.5 Å². The number of pyridine rings is 1. The first-order valence-electron chi connectivity index (χ1n) is 7.46. The van der Waals surface area contributed by atoms with Gasteiger partial charge in [-0.25, -0.2) is 9.50 Å². The lowest BCUT2D eigenvalue weighted by molar-refractivity contribution is -0.132. The zero-order chi connectivity index (χ0) is 15.8. The zero-order valence-electron chi connectivity index (χ0n) is 12.6. The van der Waals surface area contributed by atoms with Gasteiger partial charge in [0.25, 0.3) is 0 Å². The van der Waals surface area contributed by atoms with E-state index in [1.165, 1.54) is 11.3 Å². The standard InChI is InChI=1S/C15H16N6OS/c1-20-6-4-11(7-13(20)22)17-14-19-21-9-12(18-15(21)23-14)10-3-2-5-16-8-10/h2-3,5,8-9,11H,4,6-7H2,1H3,(H,17,19). The molecule has 0 aliphatic carbocycles. The lowest BCUT2D eigenvalue weighted by Gasteiger charge is -2.28. The van der Waals surface area contributed by atoms with E-state index < -0.39 is 0 Å². The SMILES string of the molecule is CN1CCC(Nc2nn3cc(-c4cccnc4)nc3s2)CC1=O. The van der Waals surface area contributed by atoms with E-state index in [0.717, 1.165) is 34.3 Å². The van der Waals surface area contributed by atoms with Crippen molar-refractivity contribution in [2.75, 3.05) is 18.9 Å². The Balaban J connectivity index is 1.52. The molecule has 8 heteroatoms. The zero-order valence-corrected chi connectivity index (χ0v) is 13.5. The molecule has 1 atom stereocenters. The maximum atomic E-state index is 11.8. The average molecular weight is 328 g/mol. The highest BCUT2D eigenvalue weighted by Crippen LogP contribution is 2.25. The number of hydrogen-bond donors (Lipinski definition) is 1. The minimum Gasteiger partial charge on any atom is -0.357 e. The molecule has 23 heavy (non-hydrogen) atoms. The maximum absolute atomic E-state index is 11.8. The highest BCUT2D eigenvalue weighted by Gasteiger charge is 2.24. The van der Waals surface area contributed by atoms with E-state index in [9.17, 15) is 4.79 Å². The second kappa shape index (κ2) is 5.62. The largest absolute Gasteiger partial charge is 0.357 e. The first kappa shape index (κ1) is 14.1. The van der Waals surface area contributed by atoms with Crippen LogP contribution < -0.4 is 5.32 Å². The molecule has 7 nitrogen and oxygen atoms in total.